The first kappa shape index (κ1) is 15.2. The van der Waals surface area contributed by atoms with Crippen LogP contribution in [0.2, 0.25) is 0 Å². The molecule has 1 heterocycles. The van der Waals surface area contributed by atoms with Crippen LogP contribution in [0.4, 0.5) is 0 Å². The predicted octanol–water partition coefficient (Wildman–Crippen LogP) is 0.617. The summed E-state index contributed by atoms with van der Waals surface area (Å²) in [6.07, 6.45) is -0.386. The molecule has 0 bridgehead atoms. The number of furan rings is 1. The van der Waals surface area contributed by atoms with Gasteiger partial charge in [-0.2, -0.15) is 0 Å². The van der Waals surface area contributed by atoms with Gasteiger partial charge in [0.25, 0.3) is 0 Å². The van der Waals surface area contributed by atoms with Gasteiger partial charge in [0.2, 0.25) is 0 Å². The van der Waals surface area contributed by atoms with Crippen LogP contribution >= 0.6 is 0 Å². The maximum atomic E-state index is 9.83. The van der Waals surface area contributed by atoms with Crippen molar-refractivity contribution in [2.75, 3.05) is 40.4 Å². The highest BCUT2D eigenvalue weighted by atomic mass is 16.5. The van der Waals surface area contributed by atoms with E-state index in [0.717, 1.165) is 18.1 Å². The molecule has 0 aliphatic rings. The van der Waals surface area contributed by atoms with Crippen molar-refractivity contribution in [1.29, 1.82) is 0 Å². The lowest BCUT2D eigenvalue weighted by molar-refractivity contribution is 0.114. The summed E-state index contributed by atoms with van der Waals surface area (Å²) in [5.74, 6) is 1.84. The third kappa shape index (κ3) is 6.16. The fourth-order valence-electron chi connectivity index (χ4n) is 1.77. The summed E-state index contributed by atoms with van der Waals surface area (Å²) in [6, 6.07) is 3.92. The zero-order chi connectivity index (χ0) is 13.4. The van der Waals surface area contributed by atoms with Crippen molar-refractivity contribution in [3.05, 3.63) is 23.7 Å². The molecule has 5 heteroatoms. The Balaban J connectivity index is 2.16. The lowest BCUT2D eigenvalue weighted by Gasteiger charge is -2.19. The Morgan fingerprint density at radius 3 is 2.89 bits per heavy atom. The van der Waals surface area contributed by atoms with Gasteiger partial charge in [0.05, 0.1) is 19.3 Å². The van der Waals surface area contributed by atoms with Crippen molar-refractivity contribution in [2.24, 2.45) is 0 Å². The first-order valence-corrected chi connectivity index (χ1v) is 6.23. The molecule has 5 nitrogen and oxygen atoms in total. The van der Waals surface area contributed by atoms with Crippen LogP contribution in [0.3, 0.4) is 0 Å². The number of aliphatic hydroxyl groups excluding tert-OH is 1. The number of nitrogens with zero attached hydrogens (tertiary/aromatic N) is 1. The van der Waals surface area contributed by atoms with Crippen molar-refractivity contribution >= 4 is 0 Å². The van der Waals surface area contributed by atoms with E-state index in [0.29, 0.717) is 26.2 Å². The Morgan fingerprint density at radius 1 is 1.50 bits per heavy atom. The summed E-state index contributed by atoms with van der Waals surface area (Å²) in [5.41, 5.74) is 0. The quantitative estimate of drug-likeness (QED) is 0.634. The van der Waals surface area contributed by atoms with Crippen LogP contribution in [-0.4, -0.2) is 56.5 Å². The van der Waals surface area contributed by atoms with Gasteiger partial charge in [-0.15, -0.1) is 0 Å². The van der Waals surface area contributed by atoms with Crippen LogP contribution in [0.25, 0.3) is 0 Å². The minimum atomic E-state index is -0.386. The second-order valence-electron chi connectivity index (χ2n) is 4.56. The number of aryl methyl sites for hydroxylation is 1. The summed E-state index contributed by atoms with van der Waals surface area (Å²) in [5, 5.41) is 13.0. The number of aliphatic hydroxyl groups is 1. The van der Waals surface area contributed by atoms with Gasteiger partial charge in [0, 0.05) is 26.7 Å². The highest BCUT2D eigenvalue weighted by Crippen LogP contribution is 2.08. The highest BCUT2D eigenvalue weighted by molar-refractivity contribution is 5.05. The molecule has 0 spiro atoms. The minimum absolute atomic E-state index is 0.386. The third-order valence-electron chi connectivity index (χ3n) is 2.61. The van der Waals surface area contributed by atoms with E-state index >= 15 is 0 Å². The number of ether oxygens (including phenoxy) is 1. The molecule has 1 aromatic rings. The van der Waals surface area contributed by atoms with E-state index in [1.165, 1.54) is 0 Å². The fraction of sp³-hybridized carbons (Fsp3) is 0.692. The zero-order valence-corrected chi connectivity index (χ0v) is 11.5. The van der Waals surface area contributed by atoms with Crippen LogP contribution in [0.15, 0.2) is 16.5 Å². The molecule has 0 fully saturated rings. The van der Waals surface area contributed by atoms with E-state index in [1.807, 2.05) is 31.0 Å². The second-order valence-corrected chi connectivity index (χ2v) is 4.56. The summed E-state index contributed by atoms with van der Waals surface area (Å²) in [6.45, 7) is 5.24. The second kappa shape index (κ2) is 8.26. The molecule has 1 aromatic heterocycles. The monoisotopic (exact) mass is 256 g/mol. The number of likely N-dealkylation sites (N-methyl/N-ethyl adjacent to an activating group) is 1. The molecule has 0 aromatic carbocycles. The summed E-state index contributed by atoms with van der Waals surface area (Å²) in [7, 11) is 3.63. The number of methoxy groups -OCH3 is 1. The Hall–Kier alpha value is -0.880. The number of rotatable bonds is 9. The Labute approximate surface area is 109 Å². The molecule has 0 aliphatic carbocycles. The lowest BCUT2D eigenvalue weighted by Crippen LogP contribution is -2.37. The summed E-state index contributed by atoms with van der Waals surface area (Å²) in [4.78, 5) is 2.04. The molecule has 1 atom stereocenters. The van der Waals surface area contributed by atoms with Gasteiger partial charge in [-0.25, -0.2) is 0 Å². The number of hydrogen-bond donors (Lipinski definition) is 2. The first-order valence-electron chi connectivity index (χ1n) is 6.23. The molecule has 0 saturated carbocycles. The van der Waals surface area contributed by atoms with Crippen molar-refractivity contribution < 1.29 is 14.3 Å². The zero-order valence-electron chi connectivity index (χ0n) is 11.5. The Bertz CT molecular complexity index is 328. The van der Waals surface area contributed by atoms with Gasteiger partial charge in [0.1, 0.15) is 11.5 Å². The first-order chi connectivity index (χ1) is 8.61. The molecular weight excluding hydrogens is 232 g/mol. The molecule has 0 amide bonds. The average molecular weight is 256 g/mol. The average Bonchev–Trinajstić information content (AvgIpc) is 2.70. The maximum Gasteiger partial charge on any atom is 0.118 e. The van der Waals surface area contributed by atoms with Gasteiger partial charge in [-0.05, 0) is 26.1 Å². The van der Waals surface area contributed by atoms with E-state index in [1.54, 1.807) is 7.11 Å². The van der Waals surface area contributed by atoms with Gasteiger partial charge in [0.15, 0.2) is 0 Å². The molecule has 18 heavy (non-hydrogen) atoms. The van der Waals surface area contributed by atoms with E-state index in [4.69, 9.17) is 9.15 Å². The summed E-state index contributed by atoms with van der Waals surface area (Å²) < 4.78 is 10.4. The largest absolute Gasteiger partial charge is 0.465 e. The van der Waals surface area contributed by atoms with Crippen LogP contribution in [0, 0.1) is 6.92 Å². The van der Waals surface area contributed by atoms with E-state index in [-0.39, 0.29) is 6.10 Å². The van der Waals surface area contributed by atoms with Crippen molar-refractivity contribution in [2.45, 2.75) is 19.6 Å². The van der Waals surface area contributed by atoms with Gasteiger partial charge in [-0.3, -0.25) is 4.90 Å². The standard InChI is InChI=1S/C13H24N2O3/c1-11-4-5-13(18-11)10-15(2)9-12(16)8-14-6-7-17-3/h4-5,12,14,16H,6-10H2,1-3H3. The molecule has 2 N–H and O–H groups in total. The van der Waals surface area contributed by atoms with E-state index in [2.05, 4.69) is 5.32 Å². The van der Waals surface area contributed by atoms with Crippen LogP contribution in [-0.2, 0) is 11.3 Å². The van der Waals surface area contributed by atoms with Crippen molar-refractivity contribution in [3.8, 4) is 0 Å². The molecule has 0 saturated heterocycles. The molecule has 0 radical (unpaired) electrons. The summed E-state index contributed by atoms with van der Waals surface area (Å²) >= 11 is 0. The van der Waals surface area contributed by atoms with E-state index in [9.17, 15) is 5.11 Å². The third-order valence-corrected chi connectivity index (χ3v) is 2.61. The van der Waals surface area contributed by atoms with Gasteiger partial charge < -0.3 is 19.6 Å². The predicted molar refractivity (Wildman–Crippen MR) is 70.5 cm³/mol. The van der Waals surface area contributed by atoms with Crippen molar-refractivity contribution in [3.63, 3.8) is 0 Å². The van der Waals surface area contributed by atoms with E-state index < -0.39 is 0 Å². The smallest absolute Gasteiger partial charge is 0.118 e. The minimum Gasteiger partial charge on any atom is -0.465 e. The Morgan fingerprint density at radius 2 is 2.28 bits per heavy atom. The molecule has 1 unspecified atom stereocenters. The SMILES string of the molecule is COCCNCC(O)CN(C)Cc1ccc(C)o1. The fourth-order valence-corrected chi connectivity index (χ4v) is 1.77. The van der Waals surface area contributed by atoms with Crippen LogP contribution in [0.5, 0.6) is 0 Å². The normalized spacial score (nSPS) is 13.2. The molecule has 104 valence electrons. The van der Waals surface area contributed by atoms with Crippen molar-refractivity contribution in [1.82, 2.24) is 10.2 Å². The number of hydrogen-bond acceptors (Lipinski definition) is 5. The molecule has 1 rings (SSSR count). The molecular formula is C13H24N2O3. The highest BCUT2D eigenvalue weighted by Gasteiger charge is 2.09. The molecule has 0 aliphatic heterocycles. The Kier molecular flexibility index (Phi) is 6.97. The maximum absolute atomic E-state index is 9.83. The van der Waals surface area contributed by atoms with Crippen LogP contribution in [0.1, 0.15) is 11.5 Å². The van der Waals surface area contributed by atoms with Gasteiger partial charge >= 0.3 is 0 Å². The number of nitrogens with one attached hydrogen (secondary N) is 1. The van der Waals surface area contributed by atoms with Crippen LogP contribution < -0.4 is 5.32 Å². The lowest BCUT2D eigenvalue weighted by atomic mass is 10.3. The topological polar surface area (TPSA) is 57.9 Å². The van der Waals surface area contributed by atoms with Gasteiger partial charge in [-0.1, -0.05) is 0 Å².